The van der Waals surface area contributed by atoms with E-state index < -0.39 is 0 Å². The van der Waals surface area contributed by atoms with Gasteiger partial charge in [0, 0.05) is 44.1 Å². The Kier molecular flexibility index (Phi) is 4.82. The van der Waals surface area contributed by atoms with E-state index in [1.807, 2.05) is 30.3 Å². The van der Waals surface area contributed by atoms with E-state index in [9.17, 15) is 0 Å². The van der Waals surface area contributed by atoms with Crippen molar-refractivity contribution in [2.24, 2.45) is 0 Å². The van der Waals surface area contributed by atoms with Gasteiger partial charge < -0.3 is 14.5 Å². The molecule has 1 fully saturated rings. The van der Waals surface area contributed by atoms with E-state index in [-0.39, 0.29) is 0 Å². The van der Waals surface area contributed by atoms with E-state index >= 15 is 0 Å². The zero-order valence-corrected chi connectivity index (χ0v) is 15.5. The Morgan fingerprint density at radius 1 is 0.889 bits per heavy atom. The number of nitrogens with zero attached hydrogens (tertiary/aromatic N) is 6. The number of anilines is 2. The van der Waals surface area contributed by atoms with Crippen LogP contribution in [0.5, 0.6) is 5.75 Å². The van der Waals surface area contributed by atoms with E-state index in [1.165, 1.54) is 0 Å². The average Bonchev–Trinajstić information content (AvgIpc) is 2.74. The first-order chi connectivity index (χ1) is 13.2. The standard InChI is InChI=1S/C20H22N6O/c1-15-14-18(16-4-6-17(27-2)7-5-16)23-24-19(15)25-10-12-26(13-11-25)20-21-8-3-9-22-20/h3-9,14H,10-13H2,1-2H3. The summed E-state index contributed by atoms with van der Waals surface area (Å²) < 4.78 is 5.21. The normalized spacial score (nSPS) is 14.3. The fraction of sp³-hybridized carbons (Fsp3) is 0.300. The lowest BCUT2D eigenvalue weighted by molar-refractivity contribution is 0.415. The van der Waals surface area contributed by atoms with Crippen molar-refractivity contribution in [1.29, 1.82) is 0 Å². The van der Waals surface area contributed by atoms with E-state index in [0.29, 0.717) is 0 Å². The fourth-order valence-corrected chi connectivity index (χ4v) is 3.27. The Morgan fingerprint density at radius 2 is 1.56 bits per heavy atom. The molecule has 3 heterocycles. The summed E-state index contributed by atoms with van der Waals surface area (Å²) in [6.07, 6.45) is 3.56. The van der Waals surface area contributed by atoms with Crippen molar-refractivity contribution in [3.8, 4) is 17.0 Å². The number of ether oxygens (including phenoxy) is 1. The summed E-state index contributed by atoms with van der Waals surface area (Å²) in [5.74, 6) is 2.57. The van der Waals surface area contributed by atoms with Crippen molar-refractivity contribution in [1.82, 2.24) is 20.2 Å². The number of piperazine rings is 1. The quantitative estimate of drug-likeness (QED) is 0.706. The zero-order valence-electron chi connectivity index (χ0n) is 15.5. The van der Waals surface area contributed by atoms with Crippen molar-refractivity contribution >= 4 is 11.8 Å². The summed E-state index contributed by atoms with van der Waals surface area (Å²) in [5, 5.41) is 8.96. The van der Waals surface area contributed by atoms with Gasteiger partial charge in [-0.15, -0.1) is 10.2 Å². The predicted octanol–water partition coefficient (Wildman–Crippen LogP) is 2.58. The molecule has 2 aromatic heterocycles. The van der Waals surface area contributed by atoms with Gasteiger partial charge in [-0.25, -0.2) is 9.97 Å². The van der Waals surface area contributed by atoms with Gasteiger partial charge in [0.1, 0.15) is 5.75 Å². The number of benzene rings is 1. The molecule has 1 saturated heterocycles. The van der Waals surface area contributed by atoms with Gasteiger partial charge in [-0.1, -0.05) is 0 Å². The molecule has 0 aliphatic carbocycles. The van der Waals surface area contributed by atoms with Crippen LogP contribution in [-0.2, 0) is 0 Å². The molecular formula is C20H22N6O. The third-order valence-electron chi connectivity index (χ3n) is 4.76. The molecule has 0 atom stereocenters. The van der Waals surface area contributed by atoms with Gasteiger partial charge in [-0.2, -0.15) is 0 Å². The maximum atomic E-state index is 5.21. The highest BCUT2D eigenvalue weighted by molar-refractivity contribution is 5.63. The lowest BCUT2D eigenvalue weighted by Crippen LogP contribution is -2.47. The maximum absolute atomic E-state index is 5.21. The van der Waals surface area contributed by atoms with Crippen LogP contribution in [0.2, 0.25) is 0 Å². The summed E-state index contributed by atoms with van der Waals surface area (Å²) in [7, 11) is 1.66. The van der Waals surface area contributed by atoms with Crippen LogP contribution in [0, 0.1) is 6.92 Å². The van der Waals surface area contributed by atoms with Crippen LogP contribution in [0.3, 0.4) is 0 Å². The summed E-state index contributed by atoms with van der Waals surface area (Å²) in [6, 6.07) is 11.8. The van der Waals surface area contributed by atoms with Gasteiger partial charge in [-0.3, -0.25) is 0 Å². The molecule has 1 aromatic carbocycles. The third kappa shape index (κ3) is 3.67. The Bertz CT molecular complexity index is 892. The minimum atomic E-state index is 0.787. The molecule has 0 amide bonds. The largest absolute Gasteiger partial charge is 0.497 e. The van der Waals surface area contributed by atoms with Crippen molar-refractivity contribution < 1.29 is 4.74 Å². The van der Waals surface area contributed by atoms with E-state index in [0.717, 1.165) is 60.5 Å². The van der Waals surface area contributed by atoms with Crippen LogP contribution in [-0.4, -0.2) is 53.5 Å². The lowest BCUT2D eigenvalue weighted by atomic mass is 10.1. The highest BCUT2D eigenvalue weighted by Crippen LogP contribution is 2.25. The zero-order chi connectivity index (χ0) is 18.6. The summed E-state index contributed by atoms with van der Waals surface area (Å²) in [6.45, 7) is 5.56. The summed E-state index contributed by atoms with van der Waals surface area (Å²) >= 11 is 0. The first-order valence-electron chi connectivity index (χ1n) is 9.00. The van der Waals surface area contributed by atoms with Crippen molar-refractivity contribution in [2.45, 2.75) is 6.92 Å². The fourth-order valence-electron chi connectivity index (χ4n) is 3.27. The second-order valence-corrected chi connectivity index (χ2v) is 6.49. The van der Waals surface area contributed by atoms with Crippen molar-refractivity contribution in [3.63, 3.8) is 0 Å². The minimum Gasteiger partial charge on any atom is -0.497 e. The highest BCUT2D eigenvalue weighted by atomic mass is 16.5. The minimum absolute atomic E-state index is 0.787. The van der Waals surface area contributed by atoms with Crippen LogP contribution in [0.25, 0.3) is 11.3 Å². The maximum Gasteiger partial charge on any atom is 0.225 e. The van der Waals surface area contributed by atoms with Crippen LogP contribution in [0.1, 0.15) is 5.56 Å². The second-order valence-electron chi connectivity index (χ2n) is 6.49. The number of hydrogen-bond acceptors (Lipinski definition) is 7. The second kappa shape index (κ2) is 7.57. The van der Waals surface area contributed by atoms with Crippen LogP contribution in [0.4, 0.5) is 11.8 Å². The molecule has 1 aliphatic heterocycles. The molecule has 7 heteroatoms. The Labute approximate surface area is 158 Å². The number of aromatic nitrogens is 4. The van der Waals surface area contributed by atoms with E-state index in [4.69, 9.17) is 4.74 Å². The SMILES string of the molecule is COc1ccc(-c2cc(C)c(N3CCN(c4ncccn4)CC3)nn2)cc1. The van der Waals surface area contributed by atoms with E-state index in [2.05, 4.69) is 43.0 Å². The molecule has 0 bridgehead atoms. The molecule has 138 valence electrons. The van der Waals surface area contributed by atoms with E-state index in [1.54, 1.807) is 19.5 Å². The molecular weight excluding hydrogens is 340 g/mol. The van der Waals surface area contributed by atoms with Gasteiger partial charge in [0.05, 0.1) is 12.8 Å². The molecule has 7 nitrogen and oxygen atoms in total. The molecule has 0 spiro atoms. The molecule has 0 saturated carbocycles. The van der Waals surface area contributed by atoms with Crippen LogP contribution >= 0.6 is 0 Å². The monoisotopic (exact) mass is 362 g/mol. The van der Waals surface area contributed by atoms with Crippen molar-refractivity contribution in [2.75, 3.05) is 43.1 Å². The van der Waals surface area contributed by atoms with Gasteiger partial charge in [-0.05, 0) is 48.9 Å². The van der Waals surface area contributed by atoms with Crippen LogP contribution in [0.15, 0.2) is 48.8 Å². The van der Waals surface area contributed by atoms with Gasteiger partial charge in [0.15, 0.2) is 5.82 Å². The molecule has 1 aliphatic rings. The lowest BCUT2D eigenvalue weighted by Gasteiger charge is -2.35. The van der Waals surface area contributed by atoms with Gasteiger partial charge in [0.2, 0.25) is 5.95 Å². The molecule has 0 unspecified atom stereocenters. The molecule has 4 rings (SSSR count). The summed E-state index contributed by atoms with van der Waals surface area (Å²) in [5.41, 5.74) is 3.03. The first kappa shape index (κ1) is 17.2. The van der Waals surface area contributed by atoms with Crippen molar-refractivity contribution in [3.05, 3.63) is 54.4 Å². The average molecular weight is 362 g/mol. The highest BCUT2D eigenvalue weighted by Gasteiger charge is 2.21. The molecule has 0 N–H and O–H groups in total. The van der Waals surface area contributed by atoms with Gasteiger partial charge in [0.25, 0.3) is 0 Å². The first-order valence-corrected chi connectivity index (χ1v) is 9.00. The number of aryl methyl sites for hydroxylation is 1. The van der Waals surface area contributed by atoms with Crippen LogP contribution < -0.4 is 14.5 Å². The number of hydrogen-bond donors (Lipinski definition) is 0. The Morgan fingerprint density at radius 3 is 2.19 bits per heavy atom. The molecule has 0 radical (unpaired) electrons. The molecule has 27 heavy (non-hydrogen) atoms. The topological polar surface area (TPSA) is 67.3 Å². The third-order valence-corrected chi connectivity index (χ3v) is 4.76. The Balaban J connectivity index is 1.47. The Hall–Kier alpha value is -3.22. The number of rotatable bonds is 4. The summed E-state index contributed by atoms with van der Waals surface area (Å²) in [4.78, 5) is 13.1. The smallest absolute Gasteiger partial charge is 0.225 e. The molecule has 3 aromatic rings. The number of methoxy groups -OCH3 is 1. The van der Waals surface area contributed by atoms with Gasteiger partial charge >= 0.3 is 0 Å². The predicted molar refractivity (Wildman–Crippen MR) is 105 cm³/mol.